The van der Waals surface area contributed by atoms with Gasteiger partial charge in [0.25, 0.3) is 0 Å². The van der Waals surface area contributed by atoms with Crippen LogP contribution in [0.3, 0.4) is 0 Å². The van der Waals surface area contributed by atoms with E-state index in [1.807, 2.05) is 36.4 Å². The van der Waals surface area contributed by atoms with Crippen LogP contribution in [0, 0.1) is 0 Å². The summed E-state index contributed by atoms with van der Waals surface area (Å²) in [6.45, 7) is 0.236. The van der Waals surface area contributed by atoms with Crippen molar-refractivity contribution in [3.05, 3.63) is 42.5 Å². The van der Waals surface area contributed by atoms with Crippen molar-refractivity contribution in [2.45, 2.75) is 10.4 Å². The van der Waals surface area contributed by atoms with Crippen molar-refractivity contribution in [2.75, 3.05) is 18.1 Å². The van der Waals surface area contributed by atoms with Crippen LogP contribution in [-0.2, 0) is 0 Å². The van der Waals surface area contributed by atoms with Crippen LogP contribution >= 0.6 is 23.1 Å². The number of anilines is 1. The molecular weight excluding hydrogens is 318 g/mol. The van der Waals surface area contributed by atoms with Crippen LogP contribution in [-0.4, -0.2) is 33.8 Å². The fourth-order valence-electron chi connectivity index (χ4n) is 1.94. The van der Waals surface area contributed by atoms with Crippen molar-refractivity contribution in [2.24, 2.45) is 0 Å². The Kier molecular flexibility index (Phi) is 4.77. The number of aromatic nitrogens is 2. The van der Waals surface area contributed by atoms with Gasteiger partial charge in [0, 0.05) is 5.75 Å². The van der Waals surface area contributed by atoms with Crippen molar-refractivity contribution < 1.29 is 9.84 Å². The number of hydrogen-bond donors (Lipinski definition) is 2. The molecule has 2 aromatic carbocycles. The van der Waals surface area contributed by atoms with E-state index in [1.54, 1.807) is 0 Å². The molecule has 1 atom stereocenters. The van der Waals surface area contributed by atoms with Crippen LogP contribution in [0.15, 0.2) is 46.8 Å². The molecule has 22 heavy (non-hydrogen) atoms. The highest BCUT2D eigenvalue weighted by molar-refractivity contribution is 8.01. The van der Waals surface area contributed by atoms with Crippen molar-refractivity contribution >= 4 is 39.0 Å². The number of aliphatic hydroxyl groups is 1. The lowest BCUT2D eigenvalue weighted by Crippen LogP contribution is -2.20. The molecular formula is C15H15N3O2S2. The Balaban J connectivity index is 1.52. The molecule has 0 aliphatic carbocycles. The second-order valence-electron chi connectivity index (χ2n) is 4.69. The minimum Gasteiger partial charge on any atom is -0.491 e. The number of ether oxygens (including phenoxy) is 1. The first-order valence-corrected chi connectivity index (χ1v) is 8.52. The summed E-state index contributed by atoms with van der Waals surface area (Å²) in [5, 5.41) is 20.3. The number of nitrogen functional groups attached to an aromatic ring is 1. The van der Waals surface area contributed by atoms with Crippen LogP contribution in [0.4, 0.5) is 5.13 Å². The zero-order chi connectivity index (χ0) is 15.4. The molecule has 1 heterocycles. The number of hydrogen-bond acceptors (Lipinski definition) is 7. The van der Waals surface area contributed by atoms with Gasteiger partial charge in [-0.15, -0.1) is 10.2 Å². The molecule has 0 saturated carbocycles. The molecule has 0 unspecified atom stereocenters. The molecule has 0 amide bonds. The lowest BCUT2D eigenvalue weighted by atomic mass is 10.1. The zero-order valence-electron chi connectivity index (χ0n) is 11.7. The smallest absolute Gasteiger partial charge is 0.203 e. The average molecular weight is 333 g/mol. The molecule has 0 radical (unpaired) electrons. The van der Waals surface area contributed by atoms with Crippen molar-refractivity contribution in [1.82, 2.24) is 10.2 Å². The van der Waals surface area contributed by atoms with Gasteiger partial charge in [-0.2, -0.15) is 0 Å². The SMILES string of the molecule is Nc1nnc(SC[C@@H](O)COc2ccc3ccccc3c2)s1. The van der Waals surface area contributed by atoms with E-state index in [0.29, 0.717) is 10.9 Å². The van der Waals surface area contributed by atoms with Crippen LogP contribution in [0.25, 0.3) is 10.8 Å². The van der Waals surface area contributed by atoms with Gasteiger partial charge >= 0.3 is 0 Å². The normalized spacial score (nSPS) is 12.4. The molecule has 3 rings (SSSR count). The molecule has 0 aliphatic rings. The van der Waals surface area contributed by atoms with Crippen molar-refractivity contribution in [3.8, 4) is 5.75 Å². The molecule has 3 N–H and O–H groups in total. The Morgan fingerprint density at radius 1 is 1.18 bits per heavy atom. The number of benzene rings is 2. The number of aliphatic hydroxyl groups excluding tert-OH is 1. The molecule has 0 fully saturated rings. The fraction of sp³-hybridized carbons (Fsp3) is 0.200. The molecule has 0 bridgehead atoms. The monoisotopic (exact) mass is 333 g/mol. The predicted octanol–water partition coefficient (Wildman–Crippen LogP) is 2.81. The first kappa shape index (κ1) is 15.1. The van der Waals surface area contributed by atoms with Gasteiger partial charge < -0.3 is 15.6 Å². The van der Waals surface area contributed by atoms with Gasteiger partial charge in [-0.25, -0.2) is 0 Å². The number of nitrogens with zero attached hydrogens (tertiary/aromatic N) is 2. The summed E-state index contributed by atoms with van der Waals surface area (Å²) in [6.07, 6.45) is -0.582. The Bertz CT molecular complexity index is 763. The summed E-state index contributed by atoms with van der Waals surface area (Å²) >= 11 is 2.73. The Labute approximate surface area is 136 Å². The Morgan fingerprint density at radius 3 is 2.77 bits per heavy atom. The molecule has 114 valence electrons. The van der Waals surface area contributed by atoms with E-state index < -0.39 is 6.10 Å². The highest BCUT2D eigenvalue weighted by Crippen LogP contribution is 2.24. The van der Waals surface area contributed by atoms with Gasteiger partial charge in [0.05, 0.1) is 6.10 Å². The minimum absolute atomic E-state index is 0.236. The number of rotatable bonds is 6. The molecule has 0 aliphatic heterocycles. The third kappa shape index (κ3) is 3.88. The summed E-state index contributed by atoms with van der Waals surface area (Å²) in [4.78, 5) is 0. The van der Waals surface area contributed by atoms with Crippen LogP contribution < -0.4 is 10.5 Å². The van der Waals surface area contributed by atoms with E-state index in [-0.39, 0.29) is 6.61 Å². The average Bonchev–Trinajstić information content (AvgIpc) is 2.96. The maximum absolute atomic E-state index is 9.97. The summed E-state index contributed by atoms with van der Waals surface area (Å²) < 4.78 is 6.40. The van der Waals surface area contributed by atoms with Gasteiger partial charge in [0.1, 0.15) is 12.4 Å². The number of fused-ring (bicyclic) bond motifs is 1. The third-order valence-corrected chi connectivity index (χ3v) is 5.02. The topological polar surface area (TPSA) is 81.3 Å². The van der Waals surface area contributed by atoms with Crippen LogP contribution in [0.2, 0.25) is 0 Å². The molecule has 5 nitrogen and oxygen atoms in total. The second-order valence-corrected chi connectivity index (χ2v) is 6.97. The highest BCUT2D eigenvalue weighted by Gasteiger charge is 2.09. The number of thioether (sulfide) groups is 1. The van der Waals surface area contributed by atoms with Crippen LogP contribution in [0.5, 0.6) is 5.75 Å². The molecule has 1 aromatic heterocycles. The van der Waals surface area contributed by atoms with Gasteiger partial charge in [-0.05, 0) is 22.9 Å². The maximum Gasteiger partial charge on any atom is 0.203 e. The fourth-order valence-corrected chi connectivity index (χ4v) is 3.51. The summed E-state index contributed by atoms with van der Waals surface area (Å²) in [5.41, 5.74) is 5.51. The van der Waals surface area contributed by atoms with Gasteiger partial charge in [-0.3, -0.25) is 0 Å². The van der Waals surface area contributed by atoms with E-state index in [2.05, 4.69) is 16.3 Å². The number of nitrogens with two attached hydrogens (primary N) is 1. The van der Waals surface area contributed by atoms with E-state index in [9.17, 15) is 5.11 Å². The van der Waals surface area contributed by atoms with E-state index >= 15 is 0 Å². The summed E-state index contributed by atoms with van der Waals surface area (Å²) in [7, 11) is 0. The lowest BCUT2D eigenvalue weighted by molar-refractivity contribution is 0.126. The zero-order valence-corrected chi connectivity index (χ0v) is 13.3. The van der Waals surface area contributed by atoms with E-state index in [0.717, 1.165) is 15.5 Å². The molecule has 0 spiro atoms. The standard InChI is InChI=1S/C15H15N3O2S2/c16-14-17-18-15(22-14)21-9-12(19)8-20-13-6-5-10-3-1-2-4-11(10)7-13/h1-7,12,19H,8-9H2,(H2,16,17)/t12-/m0/s1. The van der Waals surface area contributed by atoms with Crippen LogP contribution in [0.1, 0.15) is 0 Å². The Morgan fingerprint density at radius 2 is 2.00 bits per heavy atom. The van der Waals surface area contributed by atoms with E-state index in [1.165, 1.54) is 28.5 Å². The maximum atomic E-state index is 9.97. The Hall–Kier alpha value is -1.83. The summed E-state index contributed by atoms with van der Waals surface area (Å²) in [6, 6.07) is 14.0. The molecule has 7 heteroatoms. The van der Waals surface area contributed by atoms with Gasteiger partial charge in [-0.1, -0.05) is 53.4 Å². The third-order valence-electron chi connectivity index (χ3n) is 2.98. The molecule has 0 saturated heterocycles. The van der Waals surface area contributed by atoms with Gasteiger partial charge in [0.2, 0.25) is 5.13 Å². The first-order valence-electron chi connectivity index (χ1n) is 6.72. The highest BCUT2D eigenvalue weighted by atomic mass is 32.2. The predicted molar refractivity (Wildman–Crippen MR) is 90.5 cm³/mol. The van der Waals surface area contributed by atoms with Crippen molar-refractivity contribution in [1.29, 1.82) is 0 Å². The molecule has 3 aromatic rings. The minimum atomic E-state index is -0.582. The quantitative estimate of drug-likeness (QED) is 0.675. The van der Waals surface area contributed by atoms with E-state index in [4.69, 9.17) is 10.5 Å². The first-order chi connectivity index (χ1) is 10.7. The second kappa shape index (κ2) is 6.95. The lowest BCUT2D eigenvalue weighted by Gasteiger charge is -2.11. The summed E-state index contributed by atoms with van der Waals surface area (Å²) in [5.74, 6) is 1.24. The van der Waals surface area contributed by atoms with Gasteiger partial charge in [0.15, 0.2) is 4.34 Å². The largest absolute Gasteiger partial charge is 0.491 e. The van der Waals surface area contributed by atoms with Crippen molar-refractivity contribution in [3.63, 3.8) is 0 Å².